The lowest BCUT2D eigenvalue weighted by Crippen LogP contribution is -2.32. The maximum atomic E-state index is 15.1. The van der Waals surface area contributed by atoms with Gasteiger partial charge in [0.25, 0.3) is 0 Å². The van der Waals surface area contributed by atoms with Gasteiger partial charge in [-0.05, 0) is 60.0 Å². The first kappa shape index (κ1) is 15.7. The Morgan fingerprint density at radius 1 is 0.960 bits per heavy atom. The highest BCUT2D eigenvalue weighted by Gasteiger charge is 2.22. The Hall–Kier alpha value is -2.81. The van der Waals surface area contributed by atoms with E-state index in [1.54, 1.807) is 6.07 Å². The van der Waals surface area contributed by atoms with E-state index in [4.69, 9.17) is 4.98 Å². The van der Waals surface area contributed by atoms with Crippen molar-refractivity contribution in [2.75, 3.05) is 0 Å². The van der Waals surface area contributed by atoms with Crippen LogP contribution >= 0.6 is 0 Å². The standard InChI is InChI=1S/C22H20FN2/c1-13-9-14(2)15(3)19(10-13)22-24-21-17(12-25(22)4)11-16-7-5-6-8-18(16)20(21)23/h5-12H,1-4H3/q+1. The number of nitrogens with zero attached hydrogens (tertiary/aromatic N) is 2. The van der Waals surface area contributed by atoms with Gasteiger partial charge in [0.05, 0.1) is 18.0 Å². The summed E-state index contributed by atoms with van der Waals surface area (Å²) in [4.78, 5) is 4.73. The fourth-order valence-electron chi connectivity index (χ4n) is 3.50. The molecule has 0 radical (unpaired) electrons. The SMILES string of the molecule is Cc1cc(C)c(C)c(-c2nc3c(F)c4ccccc4cc3c[n+]2C)c1. The second kappa shape index (κ2) is 5.62. The Balaban J connectivity index is 2.08. The second-order valence-corrected chi connectivity index (χ2v) is 6.78. The number of rotatable bonds is 1. The first-order chi connectivity index (χ1) is 12.0. The normalized spacial score (nSPS) is 11.4. The van der Waals surface area contributed by atoms with Crippen molar-refractivity contribution in [3.05, 3.63) is 71.2 Å². The lowest BCUT2D eigenvalue weighted by atomic mass is 9.99. The van der Waals surface area contributed by atoms with Crippen LogP contribution in [0.3, 0.4) is 0 Å². The molecule has 0 amide bonds. The zero-order valence-corrected chi connectivity index (χ0v) is 14.9. The molecule has 0 fully saturated rings. The van der Waals surface area contributed by atoms with Gasteiger partial charge in [0.1, 0.15) is 6.20 Å². The molecule has 3 aromatic carbocycles. The fraction of sp³-hybridized carbons (Fsp3) is 0.182. The smallest absolute Gasteiger partial charge is 0.232 e. The van der Waals surface area contributed by atoms with Gasteiger partial charge in [0.2, 0.25) is 5.52 Å². The van der Waals surface area contributed by atoms with Crippen molar-refractivity contribution in [1.82, 2.24) is 4.98 Å². The molecule has 0 unspecified atom stereocenters. The Morgan fingerprint density at radius 3 is 2.52 bits per heavy atom. The summed E-state index contributed by atoms with van der Waals surface area (Å²) in [7, 11) is 1.96. The lowest BCUT2D eigenvalue weighted by Gasteiger charge is -2.09. The monoisotopic (exact) mass is 331 g/mol. The molecular formula is C22H20FN2+. The van der Waals surface area contributed by atoms with Gasteiger partial charge in [-0.2, -0.15) is 0 Å². The van der Waals surface area contributed by atoms with Gasteiger partial charge in [-0.15, -0.1) is 0 Å². The van der Waals surface area contributed by atoms with Gasteiger partial charge in [-0.25, -0.2) is 8.96 Å². The minimum absolute atomic E-state index is 0.253. The average Bonchev–Trinajstić information content (AvgIpc) is 2.58. The number of benzene rings is 3. The molecule has 4 aromatic rings. The highest BCUT2D eigenvalue weighted by Crippen LogP contribution is 2.28. The molecule has 124 valence electrons. The highest BCUT2D eigenvalue weighted by molar-refractivity contribution is 5.97. The number of hydrogen-bond acceptors (Lipinski definition) is 1. The molecule has 0 aliphatic heterocycles. The zero-order valence-electron chi connectivity index (χ0n) is 14.9. The van der Waals surface area contributed by atoms with Gasteiger partial charge in [-0.3, -0.25) is 0 Å². The molecule has 0 aliphatic carbocycles. The Labute approximate surface area is 146 Å². The van der Waals surface area contributed by atoms with Gasteiger partial charge in [-0.1, -0.05) is 30.3 Å². The van der Waals surface area contributed by atoms with E-state index in [-0.39, 0.29) is 5.82 Å². The summed E-state index contributed by atoms with van der Waals surface area (Å²) >= 11 is 0. The maximum Gasteiger partial charge on any atom is 0.331 e. The minimum atomic E-state index is -0.253. The fourth-order valence-corrected chi connectivity index (χ4v) is 3.50. The van der Waals surface area contributed by atoms with Crippen LogP contribution in [-0.4, -0.2) is 4.98 Å². The van der Waals surface area contributed by atoms with Crippen molar-refractivity contribution in [2.45, 2.75) is 20.8 Å². The average molecular weight is 331 g/mol. The van der Waals surface area contributed by atoms with Gasteiger partial charge in [0.15, 0.2) is 5.82 Å². The first-order valence-corrected chi connectivity index (χ1v) is 8.41. The minimum Gasteiger partial charge on any atom is -0.232 e. The number of aromatic nitrogens is 2. The van der Waals surface area contributed by atoms with E-state index in [1.165, 1.54) is 16.7 Å². The summed E-state index contributed by atoms with van der Waals surface area (Å²) in [6.45, 7) is 6.26. The molecule has 0 N–H and O–H groups in total. The van der Waals surface area contributed by atoms with Gasteiger partial charge >= 0.3 is 5.82 Å². The summed E-state index contributed by atoms with van der Waals surface area (Å²) in [5.41, 5.74) is 5.05. The summed E-state index contributed by atoms with van der Waals surface area (Å²) < 4.78 is 17.1. The predicted octanol–water partition coefficient (Wildman–Crippen LogP) is 4.94. The summed E-state index contributed by atoms with van der Waals surface area (Å²) in [6, 6.07) is 13.8. The van der Waals surface area contributed by atoms with Crippen LogP contribution in [0, 0.1) is 26.6 Å². The molecule has 1 heterocycles. The van der Waals surface area contributed by atoms with Crippen LogP contribution < -0.4 is 4.57 Å². The molecule has 2 nitrogen and oxygen atoms in total. The third-order valence-electron chi connectivity index (χ3n) is 4.93. The van der Waals surface area contributed by atoms with Crippen molar-refractivity contribution in [2.24, 2.45) is 7.05 Å². The van der Waals surface area contributed by atoms with Gasteiger partial charge in [0, 0.05) is 5.39 Å². The maximum absolute atomic E-state index is 15.1. The van der Waals surface area contributed by atoms with Crippen molar-refractivity contribution >= 4 is 21.7 Å². The molecular weight excluding hydrogens is 311 g/mol. The van der Waals surface area contributed by atoms with E-state index < -0.39 is 0 Å². The van der Waals surface area contributed by atoms with E-state index in [0.717, 1.165) is 22.2 Å². The molecule has 0 saturated heterocycles. The summed E-state index contributed by atoms with van der Waals surface area (Å²) in [5, 5.41) is 2.31. The number of halogens is 1. The van der Waals surface area contributed by atoms with E-state index in [2.05, 4.69) is 32.9 Å². The van der Waals surface area contributed by atoms with Crippen molar-refractivity contribution < 1.29 is 8.96 Å². The van der Waals surface area contributed by atoms with E-state index in [0.29, 0.717) is 10.9 Å². The molecule has 0 bridgehead atoms. The topological polar surface area (TPSA) is 16.8 Å². The Kier molecular flexibility index (Phi) is 3.53. The molecule has 3 heteroatoms. The van der Waals surface area contributed by atoms with Crippen LogP contribution in [0.2, 0.25) is 0 Å². The molecule has 4 rings (SSSR count). The summed E-state index contributed by atoms with van der Waals surface area (Å²) in [6.07, 6.45) is 1.96. The quantitative estimate of drug-likeness (QED) is 0.356. The van der Waals surface area contributed by atoms with Crippen LogP contribution in [0.4, 0.5) is 4.39 Å². The largest absolute Gasteiger partial charge is 0.331 e. The number of fused-ring (bicyclic) bond motifs is 2. The van der Waals surface area contributed by atoms with Crippen LogP contribution in [0.25, 0.3) is 33.1 Å². The van der Waals surface area contributed by atoms with Crippen LogP contribution in [-0.2, 0) is 7.05 Å². The predicted molar refractivity (Wildman–Crippen MR) is 100 cm³/mol. The molecule has 0 saturated carbocycles. The van der Waals surface area contributed by atoms with Crippen LogP contribution in [0.5, 0.6) is 0 Å². The van der Waals surface area contributed by atoms with Gasteiger partial charge < -0.3 is 0 Å². The molecule has 0 aliphatic rings. The first-order valence-electron chi connectivity index (χ1n) is 8.41. The molecule has 1 aromatic heterocycles. The third-order valence-corrected chi connectivity index (χ3v) is 4.93. The van der Waals surface area contributed by atoms with Crippen molar-refractivity contribution in [1.29, 1.82) is 0 Å². The second-order valence-electron chi connectivity index (χ2n) is 6.78. The molecule has 0 atom stereocenters. The van der Waals surface area contributed by atoms with Crippen LogP contribution in [0.1, 0.15) is 16.7 Å². The van der Waals surface area contributed by atoms with Crippen molar-refractivity contribution in [3.63, 3.8) is 0 Å². The van der Waals surface area contributed by atoms with Crippen molar-refractivity contribution in [3.8, 4) is 11.4 Å². The number of hydrogen-bond donors (Lipinski definition) is 0. The third kappa shape index (κ3) is 2.47. The highest BCUT2D eigenvalue weighted by atomic mass is 19.1. The molecule has 0 spiro atoms. The Morgan fingerprint density at radius 2 is 1.72 bits per heavy atom. The van der Waals surface area contributed by atoms with E-state index >= 15 is 4.39 Å². The zero-order chi connectivity index (χ0) is 17.7. The number of aryl methyl sites for hydroxylation is 3. The van der Waals surface area contributed by atoms with E-state index in [1.807, 2.05) is 42.1 Å². The van der Waals surface area contributed by atoms with Crippen LogP contribution in [0.15, 0.2) is 48.7 Å². The van der Waals surface area contributed by atoms with E-state index in [9.17, 15) is 0 Å². The Bertz CT molecular complexity index is 1150. The molecule has 25 heavy (non-hydrogen) atoms. The summed E-state index contributed by atoms with van der Waals surface area (Å²) in [5.74, 6) is 0.531. The lowest BCUT2D eigenvalue weighted by molar-refractivity contribution is -0.661.